The van der Waals surface area contributed by atoms with E-state index in [1.807, 2.05) is 0 Å². The predicted octanol–water partition coefficient (Wildman–Crippen LogP) is 0.366. The lowest BCUT2D eigenvalue weighted by molar-refractivity contribution is -0.137. The highest BCUT2D eigenvalue weighted by Crippen LogP contribution is 2.29. The van der Waals surface area contributed by atoms with Gasteiger partial charge >= 0.3 is 5.97 Å². The lowest BCUT2D eigenvalue weighted by Crippen LogP contribution is -2.56. The zero-order chi connectivity index (χ0) is 17.8. The van der Waals surface area contributed by atoms with Crippen LogP contribution in [0.2, 0.25) is 0 Å². The first-order valence-corrected chi connectivity index (χ1v) is 9.01. The maximum atomic E-state index is 11.1. The molecule has 0 amide bonds. The summed E-state index contributed by atoms with van der Waals surface area (Å²) >= 11 is 0. The Labute approximate surface area is 148 Å². The number of nitrogens with zero attached hydrogens (tertiary/aromatic N) is 5. The Hall–Kier alpha value is -1.93. The van der Waals surface area contributed by atoms with Gasteiger partial charge in [-0.1, -0.05) is 0 Å². The van der Waals surface area contributed by atoms with E-state index < -0.39 is 5.97 Å². The number of nitrogen functional groups attached to an aromatic ring is 1. The molecule has 2 atom stereocenters. The predicted molar refractivity (Wildman–Crippen MR) is 96.5 cm³/mol. The normalized spacial score (nSPS) is 25.9. The quantitative estimate of drug-likeness (QED) is 0.787. The van der Waals surface area contributed by atoms with Crippen molar-refractivity contribution in [3.63, 3.8) is 0 Å². The van der Waals surface area contributed by atoms with Crippen LogP contribution in [0.5, 0.6) is 0 Å². The largest absolute Gasteiger partial charge is 0.481 e. The molecule has 0 unspecified atom stereocenters. The zero-order valence-electron chi connectivity index (χ0n) is 14.8. The molecule has 0 spiro atoms. The minimum atomic E-state index is -0.727. The second-order valence-electron chi connectivity index (χ2n) is 7.12. The lowest BCUT2D eigenvalue weighted by Gasteiger charge is -2.46. The van der Waals surface area contributed by atoms with Gasteiger partial charge in [0.05, 0.1) is 0 Å². The lowest BCUT2D eigenvalue weighted by atomic mass is 9.86. The van der Waals surface area contributed by atoms with E-state index in [1.54, 1.807) is 12.3 Å². The molecule has 3 heterocycles. The van der Waals surface area contributed by atoms with Crippen LogP contribution >= 0.6 is 0 Å². The molecule has 1 aromatic heterocycles. The number of carboxylic acid groups (broad SMARTS) is 1. The summed E-state index contributed by atoms with van der Waals surface area (Å²) in [6.45, 7) is 5.92. The van der Waals surface area contributed by atoms with Crippen LogP contribution < -0.4 is 10.6 Å². The van der Waals surface area contributed by atoms with E-state index in [9.17, 15) is 4.79 Å². The molecule has 2 aliphatic heterocycles. The van der Waals surface area contributed by atoms with E-state index in [0.29, 0.717) is 30.1 Å². The Morgan fingerprint density at radius 1 is 1.32 bits per heavy atom. The molecular formula is C17H28N6O2. The molecule has 2 saturated heterocycles. The standard InChI is InChI=1S/C17H28N6O2/c1-21-8-10-22(11-9-21)14-5-7-23(12-13(14)2-3-16(24)25)17-19-6-4-15(18)20-17/h4,6,13-14H,2-3,5,7-12H2,1H3,(H,24,25)(H2,18,19,20)/t13-,14+/m0/s1. The molecule has 2 fully saturated rings. The number of piperidine rings is 1. The molecule has 0 aliphatic carbocycles. The summed E-state index contributed by atoms with van der Waals surface area (Å²) in [6.07, 6.45) is 3.58. The molecule has 138 valence electrons. The Kier molecular flexibility index (Phi) is 5.70. The van der Waals surface area contributed by atoms with Crippen LogP contribution in [0.15, 0.2) is 12.3 Å². The van der Waals surface area contributed by atoms with Crippen LogP contribution in [0.1, 0.15) is 19.3 Å². The Balaban J connectivity index is 1.70. The highest BCUT2D eigenvalue weighted by molar-refractivity contribution is 5.66. The van der Waals surface area contributed by atoms with Crippen molar-refractivity contribution < 1.29 is 9.90 Å². The molecule has 0 bridgehead atoms. The van der Waals surface area contributed by atoms with E-state index in [0.717, 1.165) is 45.7 Å². The van der Waals surface area contributed by atoms with E-state index in [4.69, 9.17) is 10.8 Å². The van der Waals surface area contributed by atoms with Crippen LogP contribution in [0.3, 0.4) is 0 Å². The van der Waals surface area contributed by atoms with Crippen molar-refractivity contribution >= 4 is 17.7 Å². The first-order valence-electron chi connectivity index (χ1n) is 9.01. The molecular weight excluding hydrogens is 320 g/mol. The van der Waals surface area contributed by atoms with Gasteiger partial charge in [-0.2, -0.15) is 4.98 Å². The van der Waals surface area contributed by atoms with Gasteiger partial charge in [0.15, 0.2) is 0 Å². The van der Waals surface area contributed by atoms with E-state index in [-0.39, 0.29) is 6.42 Å². The molecule has 3 rings (SSSR count). The van der Waals surface area contributed by atoms with Gasteiger partial charge < -0.3 is 20.6 Å². The van der Waals surface area contributed by atoms with E-state index >= 15 is 0 Å². The number of anilines is 2. The average Bonchev–Trinajstić information content (AvgIpc) is 2.60. The van der Waals surface area contributed by atoms with Crippen molar-refractivity contribution in [1.82, 2.24) is 19.8 Å². The van der Waals surface area contributed by atoms with Crippen molar-refractivity contribution in [2.75, 3.05) is 56.9 Å². The highest BCUT2D eigenvalue weighted by atomic mass is 16.4. The Bertz CT molecular complexity index is 590. The van der Waals surface area contributed by atoms with Gasteiger partial charge in [-0.25, -0.2) is 4.98 Å². The minimum absolute atomic E-state index is 0.209. The summed E-state index contributed by atoms with van der Waals surface area (Å²) in [7, 11) is 2.15. The first-order chi connectivity index (χ1) is 12.0. The number of nitrogens with two attached hydrogens (primary N) is 1. The molecule has 8 heteroatoms. The van der Waals surface area contributed by atoms with Gasteiger partial charge in [0.25, 0.3) is 0 Å². The second kappa shape index (κ2) is 7.97. The van der Waals surface area contributed by atoms with Crippen molar-refractivity contribution in [1.29, 1.82) is 0 Å². The minimum Gasteiger partial charge on any atom is -0.481 e. The van der Waals surface area contributed by atoms with Crippen LogP contribution in [0, 0.1) is 5.92 Å². The van der Waals surface area contributed by atoms with Crippen molar-refractivity contribution in [3.05, 3.63) is 12.3 Å². The summed E-state index contributed by atoms with van der Waals surface area (Å²) in [4.78, 5) is 26.8. The average molecular weight is 348 g/mol. The Morgan fingerprint density at radius 2 is 2.08 bits per heavy atom. The van der Waals surface area contributed by atoms with Gasteiger partial charge in [-0.3, -0.25) is 9.69 Å². The number of carbonyl (C=O) groups is 1. The summed E-state index contributed by atoms with van der Waals surface area (Å²) in [6, 6.07) is 2.12. The monoisotopic (exact) mass is 348 g/mol. The van der Waals surface area contributed by atoms with Gasteiger partial charge in [-0.05, 0) is 31.9 Å². The SMILES string of the molecule is CN1CCN([C@@H]2CCN(c3nccc(N)n3)C[C@@H]2CCC(=O)O)CC1. The summed E-state index contributed by atoms with van der Waals surface area (Å²) in [5.41, 5.74) is 5.79. The number of likely N-dealkylation sites (N-methyl/N-ethyl adjacent to an activating group) is 1. The summed E-state index contributed by atoms with van der Waals surface area (Å²) in [5, 5.41) is 9.12. The van der Waals surface area contributed by atoms with Crippen LogP contribution in [-0.4, -0.2) is 83.2 Å². The maximum absolute atomic E-state index is 11.1. The van der Waals surface area contributed by atoms with Gasteiger partial charge in [0.1, 0.15) is 5.82 Å². The molecule has 0 radical (unpaired) electrons. The molecule has 2 aliphatic rings. The second-order valence-corrected chi connectivity index (χ2v) is 7.12. The fourth-order valence-corrected chi connectivity index (χ4v) is 3.94. The molecule has 3 N–H and O–H groups in total. The van der Waals surface area contributed by atoms with Crippen molar-refractivity contribution in [2.45, 2.75) is 25.3 Å². The van der Waals surface area contributed by atoms with Crippen molar-refractivity contribution in [3.8, 4) is 0 Å². The summed E-state index contributed by atoms with van der Waals surface area (Å²) < 4.78 is 0. The zero-order valence-corrected chi connectivity index (χ0v) is 14.8. The number of piperazine rings is 1. The third kappa shape index (κ3) is 4.58. The molecule has 1 aromatic rings. The van der Waals surface area contributed by atoms with E-state index in [1.165, 1.54) is 0 Å². The number of rotatable bonds is 5. The van der Waals surface area contributed by atoms with Crippen molar-refractivity contribution in [2.24, 2.45) is 5.92 Å². The summed E-state index contributed by atoms with van der Waals surface area (Å²) in [5.74, 6) is 0.693. The number of hydrogen-bond donors (Lipinski definition) is 2. The fourth-order valence-electron chi connectivity index (χ4n) is 3.94. The maximum Gasteiger partial charge on any atom is 0.303 e. The van der Waals surface area contributed by atoms with Crippen LogP contribution in [0.4, 0.5) is 11.8 Å². The molecule has 8 nitrogen and oxygen atoms in total. The van der Waals surface area contributed by atoms with Crippen LogP contribution in [0.25, 0.3) is 0 Å². The fraction of sp³-hybridized carbons (Fsp3) is 0.706. The third-order valence-electron chi connectivity index (χ3n) is 5.38. The number of carboxylic acids is 1. The first kappa shape index (κ1) is 17.9. The highest BCUT2D eigenvalue weighted by Gasteiger charge is 2.35. The number of aromatic nitrogens is 2. The topological polar surface area (TPSA) is 98.8 Å². The van der Waals surface area contributed by atoms with Gasteiger partial charge in [0.2, 0.25) is 5.95 Å². The third-order valence-corrected chi connectivity index (χ3v) is 5.38. The smallest absolute Gasteiger partial charge is 0.303 e. The van der Waals surface area contributed by atoms with Gasteiger partial charge in [0, 0.05) is 57.9 Å². The van der Waals surface area contributed by atoms with Crippen LogP contribution in [-0.2, 0) is 4.79 Å². The molecule has 0 saturated carbocycles. The van der Waals surface area contributed by atoms with E-state index in [2.05, 4.69) is 31.7 Å². The van der Waals surface area contributed by atoms with Gasteiger partial charge in [-0.15, -0.1) is 0 Å². The number of hydrogen-bond acceptors (Lipinski definition) is 7. The number of aliphatic carboxylic acids is 1. The molecule has 0 aromatic carbocycles. The molecule has 25 heavy (non-hydrogen) atoms. The Morgan fingerprint density at radius 3 is 2.76 bits per heavy atom.